The van der Waals surface area contributed by atoms with Gasteiger partial charge in [0.25, 0.3) is 0 Å². The molecule has 0 aromatic carbocycles. The molecule has 3 atom stereocenters. The van der Waals surface area contributed by atoms with E-state index in [0.29, 0.717) is 39.1 Å². The van der Waals surface area contributed by atoms with Gasteiger partial charge in [0.15, 0.2) is 6.29 Å². The lowest BCUT2D eigenvalue weighted by Gasteiger charge is -2.29. The molecule has 10 nitrogen and oxygen atoms in total. The Kier molecular flexibility index (Phi) is 15.8. The lowest BCUT2D eigenvalue weighted by Crippen LogP contribution is -2.41. The molecule has 0 aromatic rings. The van der Waals surface area contributed by atoms with Crippen LogP contribution >= 0.6 is 0 Å². The largest absolute Gasteiger partial charge is 0.387 e. The summed E-state index contributed by atoms with van der Waals surface area (Å²) in [6.07, 6.45) is 14.1. The van der Waals surface area contributed by atoms with Crippen LogP contribution in [0.4, 0.5) is 0 Å². The Bertz CT molecular complexity index is 752. The van der Waals surface area contributed by atoms with Gasteiger partial charge < -0.3 is 25.9 Å². The van der Waals surface area contributed by atoms with Crippen molar-refractivity contribution in [2.24, 2.45) is 16.8 Å². The van der Waals surface area contributed by atoms with Crippen LogP contribution in [-0.4, -0.2) is 94.9 Å². The normalized spacial score (nSPS) is 22.3. The van der Waals surface area contributed by atoms with Gasteiger partial charge in [-0.1, -0.05) is 43.9 Å². The summed E-state index contributed by atoms with van der Waals surface area (Å²) in [5, 5.41) is 35.8. The van der Waals surface area contributed by atoms with Crippen LogP contribution < -0.4 is 11.7 Å². The van der Waals surface area contributed by atoms with E-state index in [4.69, 9.17) is 16.4 Å². The van der Waals surface area contributed by atoms with E-state index in [2.05, 4.69) is 23.5 Å². The lowest BCUT2D eigenvalue weighted by atomic mass is 10.1. The van der Waals surface area contributed by atoms with Crippen molar-refractivity contribution in [3.63, 3.8) is 0 Å². The fourth-order valence-electron chi connectivity index (χ4n) is 3.42. The lowest BCUT2D eigenvalue weighted by molar-refractivity contribution is -0.0962. The maximum absolute atomic E-state index is 10.8. The van der Waals surface area contributed by atoms with Crippen molar-refractivity contribution < 1.29 is 20.1 Å². The van der Waals surface area contributed by atoms with Gasteiger partial charge in [0.2, 0.25) is 0 Å². The van der Waals surface area contributed by atoms with Gasteiger partial charge in [-0.05, 0) is 43.7 Å². The van der Waals surface area contributed by atoms with Gasteiger partial charge >= 0.3 is 0 Å². The van der Waals surface area contributed by atoms with E-state index in [1.807, 2.05) is 36.3 Å². The fraction of sp³-hybridized carbons (Fsp3) is 0.560. The molecular weight excluding hydrogens is 448 g/mol. The SMILES string of the molecule is C=C/C(=C\C=C\N(N)/C=N\N)CC(O)N(C)CCN(CC)CC(O)C1=C/CCCOC(O)C/C=C\1. The van der Waals surface area contributed by atoms with Crippen molar-refractivity contribution >= 4 is 6.34 Å². The predicted molar refractivity (Wildman–Crippen MR) is 141 cm³/mol. The second kappa shape index (κ2) is 18.0. The van der Waals surface area contributed by atoms with Crippen LogP contribution in [0, 0.1) is 0 Å². The maximum atomic E-state index is 10.8. The van der Waals surface area contributed by atoms with Gasteiger partial charge in [-0.25, -0.2) is 5.84 Å². The Labute approximate surface area is 209 Å². The van der Waals surface area contributed by atoms with Crippen molar-refractivity contribution in [1.29, 1.82) is 0 Å². The molecule has 0 radical (unpaired) electrons. The van der Waals surface area contributed by atoms with E-state index in [9.17, 15) is 15.3 Å². The summed E-state index contributed by atoms with van der Waals surface area (Å²) >= 11 is 0. The number of ether oxygens (including phenoxy) is 1. The molecular formula is C25H44N6O4. The van der Waals surface area contributed by atoms with Crippen LogP contribution in [-0.2, 0) is 4.74 Å². The Balaban J connectivity index is 2.60. The standard InChI is InChI=1S/C25H44N6O4/c1-4-21(10-9-14-31(27)20-28-26)18-24(33)29(3)15-16-30(5-2)19-23(32)22-11-6-7-17-35-25(34)13-8-12-22/h4,8-12,14,20,23-25,32-34H,1,5-7,13,15-19,26-27H2,2-3H3/b12-8-,14-9+,21-10+,22-11+,28-20-. The van der Waals surface area contributed by atoms with Gasteiger partial charge in [0.1, 0.15) is 12.6 Å². The van der Waals surface area contributed by atoms with Crippen molar-refractivity contribution in [2.75, 3.05) is 39.8 Å². The summed E-state index contributed by atoms with van der Waals surface area (Å²) in [5.74, 6) is 10.7. The van der Waals surface area contributed by atoms with Crippen molar-refractivity contribution in [3.8, 4) is 0 Å². The number of nitrogens with zero attached hydrogens (tertiary/aromatic N) is 4. The Morgan fingerprint density at radius 2 is 2.14 bits per heavy atom. The third-order valence-electron chi connectivity index (χ3n) is 5.68. The summed E-state index contributed by atoms with van der Waals surface area (Å²) in [5.41, 5.74) is 1.71. The molecule has 0 saturated carbocycles. The van der Waals surface area contributed by atoms with Crippen LogP contribution in [0.25, 0.3) is 0 Å². The second-order valence-corrected chi connectivity index (χ2v) is 8.38. The summed E-state index contributed by atoms with van der Waals surface area (Å²) in [6.45, 7) is 8.94. The van der Waals surface area contributed by atoms with Crippen LogP contribution in [0.1, 0.15) is 32.6 Å². The number of likely N-dealkylation sites (N-methyl/N-ethyl adjacent to an activating group) is 2. The van der Waals surface area contributed by atoms with Crippen molar-refractivity contribution in [2.45, 2.75) is 51.2 Å². The molecule has 1 aliphatic rings. The first-order valence-corrected chi connectivity index (χ1v) is 12.0. The molecule has 10 heteroatoms. The number of hydrogen-bond donors (Lipinski definition) is 5. The predicted octanol–water partition coefficient (Wildman–Crippen LogP) is 1.01. The molecule has 0 fully saturated rings. The Hall–Kier alpha value is -2.31. The summed E-state index contributed by atoms with van der Waals surface area (Å²) in [6, 6.07) is 0. The molecule has 0 saturated heterocycles. The molecule has 0 aliphatic carbocycles. The molecule has 0 bridgehead atoms. The molecule has 7 N–H and O–H groups in total. The monoisotopic (exact) mass is 492 g/mol. The van der Waals surface area contributed by atoms with Gasteiger partial charge in [-0.15, -0.1) is 0 Å². The highest BCUT2D eigenvalue weighted by Crippen LogP contribution is 2.14. The van der Waals surface area contributed by atoms with Crippen molar-refractivity contribution in [1.82, 2.24) is 14.8 Å². The Morgan fingerprint density at radius 1 is 1.37 bits per heavy atom. The van der Waals surface area contributed by atoms with E-state index in [0.717, 1.165) is 30.5 Å². The van der Waals surface area contributed by atoms with E-state index < -0.39 is 18.6 Å². The number of aliphatic hydroxyl groups is 3. The number of hydrazine groups is 1. The number of aliphatic hydroxyl groups excluding tert-OH is 3. The first-order valence-electron chi connectivity index (χ1n) is 12.0. The quantitative estimate of drug-likeness (QED) is 0.0599. The zero-order chi connectivity index (χ0) is 26.1. The zero-order valence-corrected chi connectivity index (χ0v) is 21.1. The third-order valence-corrected chi connectivity index (χ3v) is 5.68. The first kappa shape index (κ1) is 30.7. The number of nitrogens with two attached hydrogens (primary N) is 2. The van der Waals surface area contributed by atoms with Gasteiger partial charge in [-0.3, -0.25) is 14.8 Å². The molecule has 198 valence electrons. The molecule has 1 rings (SSSR count). The smallest absolute Gasteiger partial charge is 0.157 e. The first-order chi connectivity index (χ1) is 16.8. The zero-order valence-electron chi connectivity index (χ0n) is 21.1. The minimum atomic E-state index is -0.801. The average Bonchev–Trinajstić information content (AvgIpc) is 2.84. The van der Waals surface area contributed by atoms with Crippen LogP contribution in [0.15, 0.2) is 65.5 Å². The number of rotatable bonds is 14. The molecule has 1 aliphatic heterocycles. The van der Waals surface area contributed by atoms with Gasteiger partial charge in [0.05, 0.1) is 12.7 Å². The summed E-state index contributed by atoms with van der Waals surface area (Å²) in [4.78, 5) is 4.03. The van der Waals surface area contributed by atoms with E-state index >= 15 is 0 Å². The van der Waals surface area contributed by atoms with Crippen LogP contribution in [0.2, 0.25) is 0 Å². The molecule has 0 spiro atoms. The molecule has 35 heavy (non-hydrogen) atoms. The van der Waals surface area contributed by atoms with Crippen molar-refractivity contribution in [3.05, 3.63) is 60.4 Å². The average molecular weight is 493 g/mol. The number of allylic oxidation sites excluding steroid dienone is 4. The van der Waals surface area contributed by atoms with Gasteiger partial charge in [0, 0.05) is 38.7 Å². The number of hydrazone groups is 1. The van der Waals surface area contributed by atoms with Crippen LogP contribution in [0.5, 0.6) is 0 Å². The molecule has 0 amide bonds. The highest BCUT2D eigenvalue weighted by Gasteiger charge is 2.17. The second-order valence-electron chi connectivity index (χ2n) is 8.38. The summed E-state index contributed by atoms with van der Waals surface area (Å²) in [7, 11) is 1.87. The minimum absolute atomic E-state index is 0.396. The topological polar surface area (TPSA) is 144 Å². The van der Waals surface area contributed by atoms with Crippen LogP contribution in [0.3, 0.4) is 0 Å². The van der Waals surface area contributed by atoms with Gasteiger partial charge in [-0.2, -0.15) is 5.10 Å². The van der Waals surface area contributed by atoms with E-state index in [-0.39, 0.29) is 0 Å². The number of hydrogen-bond acceptors (Lipinski definition) is 9. The minimum Gasteiger partial charge on any atom is -0.387 e. The molecule has 3 unspecified atom stereocenters. The third kappa shape index (κ3) is 13.4. The van der Waals surface area contributed by atoms with E-state index in [1.165, 1.54) is 11.3 Å². The fourth-order valence-corrected chi connectivity index (χ4v) is 3.42. The molecule has 1 heterocycles. The molecule has 0 aromatic heterocycles. The Morgan fingerprint density at radius 3 is 2.83 bits per heavy atom. The van der Waals surface area contributed by atoms with E-state index in [1.54, 1.807) is 18.4 Å². The highest BCUT2D eigenvalue weighted by molar-refractivity contribution is 5.54. The maximum Gasteiger partial charge on any atom is 0.157 e. The highest BCUT2D eigenvalue weighted by atomic mass is 16.6. The summed E-state index contributed by atoms with van der Waals surface area (Å²) < 4.78 is 5.29.